The minimum Gasteiger partial charge on any atom is -0.507 e. The Kier molecular flexibility index (Phi) is 12.2. The van der Waals surface area contributed by atoms with Crippen molar-refractivity contribution >= 4 is 16.9 Å². The zero-order valence-corrected chi connectivity index (χ0v) is 30.7. The predicted molar refractivity (Wildman–Crippen MR) is 194 cm³/mol. The molecule has 0 saturated carbocycles. The van der Waals surface area contributed by atoms with E-state index in [9.17, 15) is 35.1 Å². The number of ether oxygens (including phenoxy) is 7. The van der Waals surface area contributed by atoms with Crippen LogP contribution in [0.4, 0.5) is 0 Å². The van der Waals surface area contributed by atoms with Crippen molar-refractivity contribution in [2.24, 2.45) is 0 Å². The van der Waals surface area contributed by atoms with Crippen molar-refractivity contribution < 1.29 is 67.9 Å². The molecule has 3 aromatic carbocycles. The summed E-state index contributed by atoms with van der Waals surface area (Å²) in [6, 6.07) is 12.1. The van der Waals surface area contributed by atoms with Crippen LogP contribution < -0.4 is 33.8 Å². The second kappa shape index (κ2) is 17.0. The number of aliphatic hydroxyl groups excluding tert-OH is 4. The molecule has 0 unspecified atom stereocenters. The van der Waals surface area contributed by atoms with Crippen molar-refractivity contribution in [3.63, 3.8) is 0 Å². The molecule has 1 aromatic heterocycles. The molecule has 5 N–H and O–H groups in total. The largest absolute Gasteiger partial charge is 0.507 e. The number of piperazine rings is 1. The smallest absolute Gasteiger partial charge is 0.260 e. The molecule has 2 aliphatic rings. The first-order valence-electron chi connectivity index (χ1n) is 17.4. The first-order valence-corrected chi connectivity index (χ1v) is 17.4. The quantitative estimate of drug-likeness (QED) is 0.129. The summed E-state index contributed by atoms with van der Waals surface area (Å²) in [5.41, 5.74) is 0.655. The number of benzene rings is 3. The maximum Gasteiger partial charge on any atom is 0.260 e. The molecule has 5 atom stereocenters. The Hall–Kier alpha value is -5.30. The molecule has 0 aliphatic carbocycles. The molecule has 6 rings (SSSR count). The SMILES string of the molecule is COc1ccc(-c2cc(=O)c3c(O)cc(O[C@@H]4O[C@H](CO)[C@@H](O)[C@H](O)[C@H]4O)cc3o2)cc1OCC(=O)N1CCN(Cc2ccc(OC)c(OC)c2OC)CC1. The monoisotopic (exact) mass is 768 g/mol. The number of nitrogens with zero attached hydrogens (tertiary/aromatic N) is 2. The highest BCUT2D eigenvalue weighted by Crippen LogP contribution is 2.40. The zero-order chi connectivity index (χ0) is 39.4. The minimum atomic E-state index is -1.71. The van der Waals surface area contributed by atoms with Gasteiger partial charge in [0.1, 0.15) is 52.6 Å². The molecule has 1 amide bonds. The summed E-state index contributed by atoms with van der Waals surface area (Å²) >= 11 is 0. The third-order valence-electron chi connectivity index (χ3n) is 9.59. The van der Waals surface area contributed by atoms with Crippen molar-refractivity contribution in [1.82, 2.24) is 9.80 Å². The van der Waals surface area contributed by atoms with E-state index in [4.69, 9.17) is 37.6 Å². The average Bonchev–Trinajstić information content (AvgIpc) is 3.19. The average molecular weight is 769 g/mol. The van der Waals surface area contributed by atoms with Crippen LogP contribution in [0.25, 0.3) is 22.3 Å². The van der Waals surface area contributed by atoms with Gasteiger partial charge in [-0.25, -0.2) is 0 Å². The maximum atomic E-state index is 13.3. The van der Waals surface area contributed by atoms with Gasteiger partial charge in [0.25, 0.3) is 5.91 Å². The summed E-state index contributed by atoms with van der Waals surface area (Å²) in [4.78, 5) is 30.4. The molecule has 2 aliphatic heterocycles. The molecule has 0 bridgehead atoms. The number of hydrogen-bond donors (Lipinski definition) is 5. The van der Waals surface area contributed by atoms with Gasteiger partial charge >= 0.3 is 0 Å². The molecule has 17 heteroatoms. The van der Waals surface area contributed by atoms with E-state index in [-0.39, 0.29) is 40.7 Å². The lowest BCUT2D eigenvalue weighted by molar-refractivity contribution is -0.277. The van der Waals surface area contributed by atoms with E-state index in [1.807, 2.05) is 12.1 Å². The van der Waals surface area contributed by atoms with Gasteiger partial charge in [0.2, 0.25) is 12.0 Å². The van der Waals surface area contributed by atoms with Gasteiger partial charge in [-0.3, -0.25) is 14.5 Å². The predicted octanol–water partition coefficient (Wildman–Crippen LogP) is 1.10. The number of fused-ring (bicyclic) bond motifs is 1. The van der Waals surface area contributed by atoms with Crippen LogP contribution >= 0.6 is 0 Å². The van der Waals surface area contributed by atoms with Gasteiger partial charge in [-0.1, -0.05) is 6.07 Å². The maximum absolute atomic E-state index is 13.3. The van der Waals surface area contributed by atoms with Crippen molar-refractivity contribution in [3.8, 4) is 51.6 Å². The molecule has 2 saturated heterocycles. The van der Waals surface area contributed by atoms with Crippen molar-refractivity contribution in [2.75, 3.05) is 67.8 Å². The van der Waals surface area contributed by atoms with Crippen LogP contribution in [0.1, 0.15) is 5.56 Å². The van der Waals surface area contributed by atoms with Gasteiger partial charge in [0, 0.05) is 62.0 Å². The van der Waals surface area contributed by atoms with Crippen LogP contribution in [-0.4, -0.2) is 140 Å². The van der Waals surface area contributed by atoms with Crippen LogP contribution in [0.3, 0.4) is 0 Å². The van der Waals surface area contributed by atoms with Gasteiger partial charge in [-0.15, -0.1) is 0 Å². The fraction of sp³-hybridized carbons (Fsp3) is 0.421. The van der Waals surface area contributed by atoms with Crippen molar-refractivity contribution in [1.29, 1.82) is 0 Å². The van der Waals surface area contributed by atoms with E-state index >= 15 is 0 Å². The molecule has 55 heavy (non-hydrogen) atoms. The van der Waals surface area contributed by atoms with E-state index < -0.39 is 48.5 Å². The summed E-state index contributed by atoms with van der Waals surface area (Å²) in [6.07, 6.45) is -7.75. The fourth-order valence-electron chi connectivity index (χ4n) is 6.61. The van der Waals surface area contributed by atoms with Gasteiger partial charge in [0.05, 0.1) is 35.0 Å². The van der Waals surface area contributed by atoms with Crippen molar-refractivity contribution in [2.45, 2.75) is 37.3 Å². The van der Waals surface area contributed by atoms with E-state index in [2.05, 4.69) is 4.90 Å². The summed E-state index contributed by atoms with van der Waals surface area (Å²) in [6.45, 7) is 1.84. The number of aliphatic hydroxyl groups is 4. The zero-order valence-electron chi connectivity index (χ0n) is 30.7. The molecular weight excluding hydrogens is 724 g/mol. The number of carbonyl (C=O) groups excluding carboxylic acids is 1. The first kappa shape index (κ1) is 39.4. The highest BCUT2D eigenvalue weighted by atomic mass is 16.7. The Labute approximate surface area is 315 Å². The standard InChI is InChI=1S/C38H44N2O15/c1-48-25-7-5-20(27-16-24(43)32-23(42)14-22(15-29(32)54-27)53-38-35(47)34(46)33(45)30(18-41)55-38)13-28(25)52-19-31(44)40-11-9-39(10-12-40)17-21-6-8-26(49-2)37(51-4)36(21)50-3/h5-8,13-16,30,33-35,38,41-42,45-47H,9-12,17-19H2,1-4H3/t30-,33-,34+,35-,38-/m1/s1. The highest BCUT2D eigenvalue weighted by Gasteiger charge is 2.44. The molecular formula is C38H44N2O15. The van der Waals surface area contributed by atoms with E-state index in [1.54, 1.807) is 44.4 Å². The number of phenols is 1. The van der Waals surface area contributed by atoms with E-state index in [0.29, 0.717) is 61.3 Å². The van der Waals surface area contributed by atoms with Crippen LogP contribution in [0.15, 0.2) is 57.7 Å². The Balaban J connectivity index is 1.13. The lowest BCUT2D eigenvalue weighted by Gasteiger charge is -2.39. The Morgan fingerprint density at radius 2 is 1.53 bits per heavy atom. The van der Waals surface area contributed by atoms with Crippen molar-refractivity contribution in [3.05, 3.63) is 64.3 Å². The van der Waals surface area contributed by atoms with Gasteiger partial charge in [-0.2, -0.15) is 0 Å². The number of methoxy groups -OCH3 is 4. The Morgan fingerprint density at radius 1 is 0.818 bits per heavy atom. The van der Waals surface area contributed by atoms with Gasteiger partial charge in [-0.05, 0) is 24.3 Å². The number of rotatable bonds is 13. The number of hydrogen-bond acceptors (Lipinski definition) is 16. The normalized spacial score (nSPS) is 21.6. The first-order chi connectivity index (χ1) is 26.5. The number of carbonyl (C=O) groups is 1. The molecule has 0 radical (unpaired) electrons. The molecule has 0 spiro atoms. The van der Waals surface area contributed by atoms with Crippen LogP contribution in [0, 0.1) is 0 Å². The molecule has 296 valence electrons. The second-order valence-electron chi connectivity index (χ2n) is 12.9. The molecule has 2 fully saturated rings. The molecule has 17 nitrogen and oxygen atoms in total. The van der Waals surface area contributed by atoms with Gasteiger partial charge in [0.15, 0.2) is 35.0 Å². The highest BCUT2D eigenvalue weighted by molar-refractivity contribution is 5.86. The van der Waals surface area contributed by atoms with Crippen LogP contribution in [-0.2, 0) is 16.1 Å². The summed E-state index contributed by atoms with van der Waals surface area (Å²) in [5, 5.41) is 50.6. The van der Waals surface area contributed by atoms with Crippen LogP contribution in [0.2, 0.25) is 0 Å². The number of aromatic hydroxyl groups is 1. The Morgan fingerprint density at radius 3 is 2.20 bits per heavy atom. The van der Waals surface area contributed by atoms with Crippen LogP contribution in [0.5, 0.6) is 40.2 Å². The summed E-state index contributed by atoms with van der Waals surface area (Å²) < 4.78 is 45.0. The third kappa shape index (κ3) is 8.22. The lowest BCUT2D eigenvalue weighted by Crippen LogP contribution is -2.60. The fourth-order valence-corrected chi connectivity index (χ4v) is 6.61. The number of amides is 1. The topological polar surface area (TPSA) is 220 Å². The number of phenolic OH excluding ortho intramolecular Hbond substituents is 1. The molecule has 4 aromatic rings. The van der Waals surface area contributed by atoms with E-state index in [1.165, 1.54) is 19.2 Å². The van der Waals surface area contributed by atoms with E-state index in [0.717, 1.165) is 11.6 Å². The second-order valence-corrected chi connectivity index (χ2v) is 12.9. The Bertz CT molecular complexity index is 2040. The minimum absolute atomic E-state index is 0.0840. The summed E-state index contributed by atoms with van der Waals surface area (Å²) in [7, 11) is 6.15. The molecule has 3 heterocycles. The third-order valence-corrected chi connectivity index (χ3v) is 9.59. The van der Waals surface area contributed by atoms with Gasteiger partial charge < -0.3 is 68.0 Å². The lowest BCUT2D eigenvalue weighted by atomic mass is 9.99. The summed E-state index contributed by atoms with van der Waals surface area (Å²) in [5.74, 6) is 1.50.